The summed E-state index contributed by atoms with van der Waals surface area (Å²) in [6, 6.07) is 0. The van der Waals surface area contributed by atoms with Crippen LogP contribution in [0.4, 0.5) is 0 Å². The van der Waals surface area contributed by atoms with Crippen molar-refractivity contribution in [1.82, 2.24) is 0 Å². The number of carbonyl (C=O) groups is 1. The fourth-order valence-corrected chi connectivity index (χ4v) is 6.24. The van der Waals surface area contributed by atoms with Crippen molar-refractivity contribution < 1.29 is 24.5 Å². The molecule has 0 aromatic heterocycles. The molecule has 0 aromatic carbocycles. The lowest BCUT2D eigenvalue weighted by Crippen LogP contribution is -2.43. The summed E-state index contributed by atoms with van der Waals surface area (Å²) in [4.78, 5) is 12.3. The van der Waals surface area contributed by atoms with Crippen LogP contribution in [-0.4, -0.2) is 40.3 Å². The standard InChI is InChI=1S/C29H44O5/c1-7-15-27(4,5)34-26(31)19-33-29(32)17-22(20(3)25(30)18-29)12-11-21-10-9-16-28(6)23(8-2)13-14-24(21)28/h11-13,24-25,30,32H,3,7-10,14-19H2,1-2,4-6H3/t24-,25-,28+,29-/m0/s1. The van der Waals surface area contributed by atoms with Gasteiger partial charge in [0.25, 0.3) is 0 Å². The highest BCUT2D eigenvalue weighted by Crippen LogP contribution is 2.55. The van der Waals surface area contributed by atoms with Gasteiger partial charge in [-0.25, -0.2) is 4.79 Å². The Bertz CT molecular complexity index is 879. The lowest BCUT2D eigenvalue weighted by molar-refractivity contribution is -0.228. The van der Waals surface area contributed by atoms with Gasteiger partial charge in [-0.3, -0.25) is 0 Å². The fraction of sp³-hybridized carbons (Fsp3) is 0.690. The first kappa shape index (κ1) is 26.9. The van der Waals surface area contributed by atoms with Gasteiger partial charge in [0.05, 0.1) is 6.10 Å². The Kier molecular flexibility index (Phi) is 8.32. The highest BCUT2D eigenvalue weighted by Gasteiger charge is 2.44. The van der Waals surface area contributed by atoms with Crippen molar-refractivity contribution in [2.75, 3.05) is 6.61 Å². The van der Waals surface area contributed by atoms with Crippen LogP contribution in [0.5, 0.6) is 0 Å². The molecule has 3 aliphatic carbocycles. The van der Waals surface area contributed by atoms with E-state index in [1.807, 2.05) is 26.8 Å². The molecule has 2 fully saturated rings. The predicted octanol–water partition coefficient (Wildman–Crippen LogP) is 5.92. The third-order valence-corrected chi connectivity index (χ3v) is 8.09. The molecule has 0 heterocycles. The Hall–Kier alpha value is -1.69. The minimum atomic E-state index is -1.63. The zero-order valence-corrected chi connectivity index (χ0v) is 21.8. The summed E-state index contributed by atoms with van der Waals surface area (Å²) in [5, 5.41) is 21.6. The van der Waals surface area contributed by atoms with Gasteiger partial charge in [0.2, 0.25) is 0 Å². The summed E-state index contributed by atoms with van der Waals surface area (Å²) in [6.45, 7) is 14.1. The Morgan fingerprint density at radius 3 is 2.74 bits per heavy atom. The average molecular weight is 473 g/mol. The van der Waals surface area contributed by atoms with Gasteiger partial charge >= 0.3 is 5.97 Å². The highest BCUT2D eigenvalue weighted by molar-refractivity contribution is 5.71. The van der Waals surface area contributed by atoms with Gasteiger partial charge in [-0.15, -0.1) is 0 Å². The largest absolute Gasteiger partial charge is 0.458 e. The first-order valence-electron chi connectivity index (χ1n) is 13.0. The molecule has 3 rings (SSSR count). The number of esters is 1. The van der Waals surface area contributed by atoms with Crippen LogP contribution >= 0.6 is 0 Å². The molecule has 0 aromatic rings. The van der Waals surface area contributed by atoms with E-state index in [1.54, 1.807) is 5.57 Å². The van der Waals surface area contributed by atoms with E-state index in [4.69, 9.17) is 9.47 Å². The monoisotopic (exact) mass is 472 g/mol. The number of rotatable bonds is 8. The van der Waals surface area contributed by atoms with Crippen molar-refractivity contribution in [1.29, 1.82) is 0 Å². The molecular weight excluding hydrogens is 428 g/mol. The van der Waals surface area contributed by atoms with Gasteiger partial charge in [0.15, 0.2) is 5.79 Å². The molecule has 4 atom stereocenters. The fourth-order valence-electron chi connectivity index (χ4n) is 6.24. The maximum Gasteiger partial charge on any atom is 0.332 e. The summed E-state index contributed by atoms with van der Waals surface area (Å²) in [7, 11) is 0. The van der Waals surface area contributed by atoms with E-state index < -0.39 is 23.5 Å². The Labute approximate surface area is 205 Å². The quantitative estimate of drug-likeness (QED) is 0.260. The van der Waals surface area contributed by atoms with Crippen molar-refractivity contribution in [3.05, 3.63) is 47.1 Å². The highest BCUT2D eigenvalue weighted by atomic mass is 16.6. The molecule has 0 amide bonds. The summed E-state index contributed by atoms with van der Waals surface area (Å²) >= 11 is 0. The van der Waals surface area contributed by atoms with Gasteiger partial charge < -0.3 is 19.7 Å². The van der Waals surface area contributed by atoms with E-state index in [9.17, 15) is 15.0 Å². The molecule has 2 saturated carbocycles. The van der Waals surface area contributed by atoms with Gasteiger partial charge in [-0.05, 0) is 74.9 Å². The summed E-state index contributed by atoms with van der Waals surface area (Å²) in [6.07, 6.45) is 13.1. The van der Waals surface area contributed by atoms with Crippen LogP contribution in [0.1, 0.15) is 92.4 Å². The molecule has 0 unspecified atom stereocenters. The molecule has 0 spiro atoms. The van der Waals surface area contributed by atoms with E-state index >= 15 is 0 Å². The van der Waals surface area contributed by atoms with Crippen LogP contribution in [0.15, 0.2) is 47.1 Å². The van der Waals surface area contributed by atoms with Gasteiger partial charge in [-0.2, -0.15) is 0 Å². The number of hydrogen-bond acceptors (Lipinski definition) is 5. The second kappa shape index (κ2) is 10.5. The molecule has 0 bridgehead atoms. The summed E-state index contributed by atoms with van der Waals surface area (Å²) in [5.74, 6) is -1.63. The normalized spacial score (nSPS) is 34.3. The van der Waals surface area contributed by atoms with Gasteiger partial charge in [0, 0.05) is 12.8 Å². The minimum Gasteiger partial charge on any atom is -0.458 e. The number of carbonyl (C=O) groups excluding carboxylic acids is 1. The molecule has 0 aliphatic heterocycles. The number of fused-ring (bicyclic) bond motifs is 1. The molecule has 0 radical (unpaired) electrons. The number of aliphatic hydroxyl groups is 2. The van der Waals surface area contributed by atoms with E-state index in [0.29, 0.717) is 11.5 Å². The third-order valence-electron chi connectivity index (χ3n) is 8.09. The first-order chi connectivity index (χ1) is 15.9. The molecule has 5 heteroatoms. The maximum absolute atomic E-state index is 12.3. The SMILES string of the molecule is C=C1C(=CC=C2CCC[C@]3(C)C(CC)=CC[C@@H]23)C[C@](O)(OCC(=O)OC(C)(C)CCC)C[C@@H]1O. The van der Waals surface area contributed by atoms with Crippen molar-refractivity contribution >= 4 is 5.97 Å². The number of allylic oxidation sites excluding steroid dienone is 5. The van der Waals surface area contributed by atoms with E-state index in [0.717, 1.165) is 37.7 Å². The number of hydrogen-bond donors (Lipinski definition) is 2. The van der Waals surface area contributed by atoms with Crippen LogP contribution in [-0.2, 0) is 14.3 Å². The molecule has 190 valence electrons. The van der Waals surface area contributed by atoms with Crippen molar-refractivity contribution in [2.24, 2.45) is 11.3 Å². The zero-order chi connectivity index (χ0) is 25.1. The maximum atomic E-state index is 12.3. The second-order valence-electron chi connectivity index (χ2n) is 11.2. The number of ether oxygens (including phenoxy) is 2. The predicted molar refractivity (Wildman–Crippen MR) is 135 cm³/mol. The summed E-state index contributed by atoms with van der Waals surface area (Å²) < 4.78 is 11.1. The van der Waals surface area contributed by atoms with Crippen LogP contribution in [0.3, 0.4) is 0 Å². The molecule has 3 aliphatic rings. The van der Waals surface area contributed by atoms with Crippen LogP contribution < -0.4 is 0 Å². The molecule has 0 saturated heterocycles. The van der Waals surface area contributed by atoms with Gasteiger partial charge in [-0.1, -0.05) is 63.1 Å². The molecule has 2 N–H and O–H groups in total. The van der Waals surface area contributed by atoms with Crippen molar-refractivity contribution in [3.8, 4) is 0 Å². The Balaban J connectivity index is 1.70. The third kappa shape index (κ3) is 5.92. The lowest BCUT2D eigenvalue weighted by Gasteiger charge is -2.41. The van der Waals surface area contributed by atoms with Crippen LogP contribution in [0, 0.1) is 11.3 Å². The number of aliphatic hydroxyl groups excluding tert-OH is 1. The second-order valence-corrected chi connectivity index (χ2v) is 11.2. The van der Waals surface area contributed by atoms with Crippen molar-refractivity contribution in [3.63, 3.8) is 0 Å². The van der Waals surface area contributed by atoms with Crippen molar-refractivity contribution in [2.45, 2.75) is 110 Å². The average Bonchev–Trinajstić information content (AvgIpc) is 3.10. The minimum absolute atomic E-state index is 0.0180. The molecular formula is C29H44O5. The van der Waals surface area contributed by atoms with E-state index in [-0.39, 0.29) is 24.9 Å². The summed E-state index contributed by atoms with van der Waals surface area (Å²) in [5.41, 5.74) is 4.05. The first-order valence-corrected chi connectivity index (χ1v) is 13.0. The van der Waals surface area contributed by atoms with E-state index in [2.05, 4.69) is 32.6 Å². The Morgan fingerprint density at radius 2 is 2.06 bits per heavy atom. The topological polar surface area (TPSA) is 76.0 Å². The van der Waals surface area contributed by atoms with Gasteiger partial charge in [0.1, 0.15) is 12.2 Å². The molecule has 5 nitrogen and oxygen atoms in total. The smallest absolute Gasteiger partial charge is 0.332 e. The van der Waals surface area contributed by atoms with Crippen LogP contribution in [0.2, 0.25) is 0 Å². The van der Waals surface area contributed by atoms with Crippen LogP contribution in [0.25, 0.3) is 0 Å². The Morgan fingerprint density at radius 1 is 1.32 bits per heavy atom. The zero-order valence-electron chi connectivity index (χ0n) is 21.8. The molecule has 34 heavy (non-hydrogen) atoms. The lowest BCUT2D eigenvalue weighted by atomic mass is 9.64. The van der Waals surface area contributed by atoms with E-state index in [1.165, 1.54) is 18.4 Å².